The van der Waals surface area contributed by atoms with Gasteiger partial charge in [-0.1, -0.05) is 24.3 Å². The van der Waals surface area contributed by atoms with Crippen molar-refractivity contribution in [2.45, 2.75) is 13.0 Å². The van der Waals surface area contributed by atoms with Crippen LogP contribution in [0.3, 0.4) is 0 Å². The second kappa shape index (κ2) is 6.59. The van der Waals surface area contributed by atoms with Gasteiger partial charge >= 0.3 is 0 Å². The third kappa shape index (κ3) is 2.92. The molecule has 1 aliphatic rings. The van der Waals surface area contributed by atoms with Crippen molar-refractivity contribution in [2.24, 2.45) is 5.92 Å². The number of fused-ring (bicyclic) bond motifs is 1. The molecule has 132 valence electrons. The van der Waals surface area contributed by atoms with Crippen molar-refractivity contribution in [3.8, 4) is 0 Å². The number of anilines is 1. The summed E-state index contributed by atoms with van der Waals surface area (Å²) in [5.41, 5.74) is 1.58. The first-order chi connectivity index (χ1) is 12.6. The van der Waals surface area contributed by atoms with Crippen molar-refractivity contribution in [1.29, 1.82) is 0 Å². The number of pyridine rings is 1. The first-order valence-corrected chi connectivity index (χ1v) is 8.52. The molecule has 26 heavy (non-hydrogen) atoms. The van der Waals surface area contributed by atoms with Crippen molar-refractivity contribution in [3.63, 3.8) is 0 Å². The van der Waals surface area contributed by atoms with E-state index in [4.69, 9.17) is 0 Å². The number of amides is 2. The van der Waals surface area contributed by atoms with E-state index in [0.29, 0.717) is 18.9 Å². The van der Waals surface area contributed by atoms with Crippen molar-refractivity contribution in [2.75, 3.05) is 18.5 Å². The highest BCUT2D eigenvalue weighted by Crippen LogP contribution is 2.26. The Morgan fingerprint density at radius 1 is 1.15 bits per heavy atom. The van der Waals surface area contributed by atoms with Crippen LogP contribution >= 0.6 is 0 Å². The Hall–Kier alpha value is -3.22. The molecule has 0 saturated carbocycles. The Labute approximate surface area is 150 Å². The van der Waals surface area contributed by atoms with Gasteiger partial charge in [0.15, 0.2) is 11.5 Å². The molecular weight excluding hydrogens is 330 g/mol. The van der Waals surface area contributed by atoms with E-state index in [2.05, 4.69) is 10.2 Å². The van der Waals surface area contributed by atoms with Crippen LogP contribution in [0.15, 0.2) is 54.7 Å². The van der Waals surface area contributed by atoms with Gasteiger partial charge in [-0.25, -0.2) is 0 Å². The van der Waals surface area contributed by atoms with Gasteiger partial charge in [0.25, 0.3) is 0 Å². The highest BCUT2D eigenvalue weighted by Gasteiger charge is 2.36. The molecule has 1 aliphatic heterocycles. The molecule has 1 saturated heterocycles. The number of carbonyl (C=O) groups is 2. The van der Waals surface area contributed by atoms with Crippen molar-refractivity contribution >= 4 is 23.1 Å². The maximum atomic E-state index is 12.8. The van der Waals surface area contributed by atoms with E-state index in [1.54, 1.807) is 16.8 Å². The van der Waals surface area contributed by atoms with Crippen LogP contribution in [-0.4, -0.2) is 44.9 Å². The molecule has 0 aliphatic carbocycles. The third-order valence-corrected chi connectivity index (χ3v) is 4.68. The fourth-order valence-corrected chi connectivity index (χ4v) is 3.33. The van der Waals surface area contributed by atoms with Crippen molar-refractivity contribution in [3.05, 3.63) is 60.6 Å². The minimum atomic E-state index is -0.341. The molecular formula is C19H19N5O2. The number of nitrogens with zero attached hydrogens (tertiary/aromatic N) is 5. The van der Waals surface area contributed by atoms with Gasteiger partial charge in [0, 0.05) is 31.9 Å². The maximum absolute atomic E-state index is 12.8. The standard InChI is InChI=1S/C19H19N5O2/c1-22(13-17-21-20-16-9-5-6-10-23(16)17)19(26)14-11-18(25)24(12-14)15-7-3-2-4-8-15/h2-10,14H,11-13H2,1H3. The van der Waals surface area contributed by atoms with Crippen LogP contribution in [0.5, 0.6) is 0 Å². The minimum absolute atomic E-state index is 0.0177. The highest BCUT2D eigenvalue weighted by molar-refractivity contribution is 6.00. The zero-order valence-corrected chi connectivity index (χ0v) is 14.4. The van der Waals surface area contributed by atoms with Gasteiger partial charge in [0.1, 0.15) is 0 Å². The van der Waals surface area contributed by atoms with Crippen molar-refractivity contribution < 1.29 is 9.59 Å². The Morgan fingerprint density at radius 3 is 2.73 bits per heavy atom. The molecule has 0 spiro atoms. The summed E-state index contributed by atoms with van der Waals surface area (Å²) in [7, 11) is 1.74. The smallest absolute Gasteiger partial charge is 0.228 e. The van der Waals surface area contributed by atoms with Crippen LogP contribution in [0.1, 0.15) is 12.2 Å². The zero-order chi connectivity index (χ0) is 18.1. The van der Waals surface area contributed by atoms with Gasteiger partial charge in [-0.05, 0) is 24.3 Å². The van der Waals surface area contributed by atoms with E-state index >= 15 is 0 Å². The van der Waals surface area contributed by atoms with E-state index in [0.717, 1.165) is 11.3 Å². The fraction of sp³-hybridized carbons (Fsp3) is 0.263. The Kier molecular flexibility index (Phi) is 4.12. The summed E-state index contributed by atoms with van der Waals surface area (Å²) in [6, 6.07) is 15.1. The predicted octanol–water partition coefficient (Wildman–Crippen LogP) is 1.74. The molecule has 7 nitrogen and oxygen atoms in total. The van der Waals surface area contributed by atoms with Gasteiger partial charge < -0.3 is 9.80 Å². The second-order valence-electron chi connectivity index (χ2n) is 6.48. The fourth-order valence-electron chi connectivity index (χ4n) is 3.33. The number of hydrogen-bond donors (Lipinski definition) is 0. The first-order valence-electron chi connectivity index (χ1n) is 8.52. The van der Waals surface area contributed by atoms with E-state index < -0.39 is 0 Å². The zero-order valence-electron chi connectivity index (χ0n) is 14.4. The molecule has 1 unspecified atom stereocenters. The molecule has 0 radical (unpaired) electrons. The lowest BCUT2D eigenvalue weighted by Gasteiger charge is -2.21. The molecule has 1 atom stereocenters. The molecule has 0 N–H and O–H groups in total. The predicted molar refractivity (Wildman–Crippen MR) is 96.4 cm³/mol. The van der Waals surface area contributed by atoms with E-state index in [-0.39, 0.29) is 24.2 Å². The van der Waals surface area contributed by atoms with Gasteiger partial charge in [0.05, 0.1) is 12.5 Å². The summed E-state index contributed by atoms with van der Waals surface area (Å²) < 4.78 is 1.86. The third-order valence-electron chi connectivity index (χ3n) is 4.68. The summed E-state index contributed by atoms with van der Waals surface area (Å²) in [5.74, 6) is 0.285. The normalized spacial score (nSPS) is 17.0. The molecule has 1 aromatic carbocycles. The first kappa shape index (κ1) is 16.3. The molecule has 2 amide bonds. The largest absolute Gasteiger partial charge is 0.338 e. The van der Waals surface area contributed by atoms with Crippen molar-refractivity contribution in [1.82, 2.24) is 19.5 Å². The lowest BCUT2D eigenvalue weighted by Crippen LogP contribution is -2.34. The van der Waals surface area contributed by atoms with Gasteiger partial charge in [-0.3, -0.25) is 14.0 Å². The molecule has 0 bridgehead atoms. The molecule has 2 aromatic heterocycles. The number of benzene rings is 1. The topological polar surface area (TPSA) is 70.8 Å². The quantitative estimate of drug-likeness (QED) is 0.719. The molecule has 1 fully saturated rings. The van der Waals surface area contributed by atoms with E-state index in [1.807, 2.05) is 59.1 Å². The van der Waals surface area contributed by atoms with Crippen LogP contribution in [-0.2, 0) is 16.1 Å². The maximum Gasteiger partial charge on any atom is 0.228 e. The Balaban J connectivity index is 1.47. The van der Waals surface area contributed by atoms with Gasteiger partial charge in [-0.2, -0.15) is 0 Å². The highest BCUT2D eigenvalue weighted by atomic mass is 16.2. The van der Waals surface area contributed by atoms with Gasteiger partial charge in [0.2, 0.25) is 11.8 Å². The molecule has 3 aromatic rings. The van der Waals surface area contributed by atoms with Crippen LogP contribution < -0.4 is 4.90 Å². The number of para-hydroxylation sites is 1. The van der Waals surface area contributed by atoms with Crippen LogP contribution in [0.2, 0.25) is 0 Å². The molecule has 3 heterocycles. The number of hydrogen-bond acceptors (Lipinski definition) is 4. The average molecular weight is 349 g/mol. The Bertz CT molecular complexity index is 953. The lowest BCUT2D eigenvalue weighted by molar-refractivity contribution is -0.135. The lowest BCUT2D eigenvalue weighted by atomic mass is 10.1. The number of rotatable bonds is 4. The van der Waals surface area contributed by atoms with Crippen LogP contribution in [0, 0.1) is 5.92 Å². The summed E-state index contributed by atoms with van der Waals surface area (Å²) >= 11 is 0. The molecule has 4 rings (SSSR count). The monoisotopic (exact) mass is 349 g/mol. The summed E-state index contributed by atoms with van der Waals surface area (Å²) in [5, 5.41) is 8.27. The van der Waals surface area contributed by atoms with Crippen LogP contribution in [0.4, 0.5) is 5.69 Å². The number of carbonyl (C=O) groups excluding carboxylic acids is 2. The van der Waals surface area contributed by atoms with Crippen LogP contribution in [0.25, 0.3) is 5.65 Å². The van der Waals surface area contributed by atoms with E-state index in [9.17, 15) is 9.59 Å². The average Bonchev–Trinajstić information content (AvgIpc) is 3.26. The second-order valence-corrected chi connectivity index (χ2v) is 6.48. The SMILES string of the molecule is CN(Cc1nnc2ccccn12)C(=O)C1CC(=O)N(c2ccccc2)C1. The number of aromatic nitrogens is 3. The van der Waals surface area contributed by atoms with E-state index in [1.165, 1.54) is 0 Å². The Morgan fingerprint density at radius 2 is 1.92 bits per heavy atom. The minimum Gasteiger partial charge on any atom is -0.338 e. The summed E-state index contributed by atoms with van der Waals surface area (Å²) in [4.78, 5) is 28.5. The summed E-state index contributed by atoms with van der Waals surface area (Å²) in [6.07, 6.45) is 2.11. The molecule has 7 heteroatoms. The summed E-state index contributed by atoms with van der Waals surface area (Å²) in [6.45, 7) is 0.757. The van der Waals surface area contributed by atoms with Gasteiger partial charge in [-0.15, -0.1) is 10.2 Å².